The molecule has 36 heavy (non-hydrogen) atoms. The van der Waals surface area contributed by atoms with Crippen molar-refractivity contribution in [3.8, 4) is 0 Å². The summed E-state index contributed by atoms with van der Waals surface area (Å²) in [5, 5.41) is 12.3. The molecule has 0 unspecified atom stereocenters. The highest BCUT2D eigenvalue weighted by Gasteiger charge is 2.27. The zero-order valence-electron chi connectivity index (χ0n) is 20.8. The van der Waals surface area contributed by atoms with Gasteiger partial charge in [0.15, 0.2) is 0 Å². The van der Waals surface area contributed by atoms with Crippen LogP contribution in [-0.4, -0.2) is 53.6 Å². The van der Waals surface area contributed by atoms with Crippen LogP contribution in [0.15, 0.2) is 72.8 Å². The smallest absolute Gasteiger partial charge is 0.309 e. The van der Waals surface area contributed by atoms with Crippen molar-refractivity contribution in [1.29, 1.82) is 0 Å². The minimum Gasteiger partial charge on any atom is -0.461 e. The van der Waals surface area contributed by atoms with Gasteiger partial charge in [0.25, 0.3) is 0 Å². The summed E-state index contributed by atoms with van der Waals surface area (Å²) in [6.45, 7) is 2.36. The van der Waals surface area contributed by atoms with Gasteiger partial charge in [-0.3, -0.25) is 14.4 Å². The molecule has 2 amide bonds. The first-order valence-electron chi connectivity index (χ1n) is 12.6. The normalized spacial score (nSPS) is 21.0. The van der Waals surface area contributed by atoms with Gasteiger partial charge in [-0.2, -0.15) is 0 Å². The lowest BCUT2D eigenvalue weighted by molar-refractivity contribution is -0.153. The number of hydrogen-bond acceptors (Lipinski definition) is 5. The fraction of sp³-hybridized carbons (Fsp3) is 0.414. The summed E-state index contributed by atoms with van der Waals surface area (Å²) in [4.78, 5) is 40.4. The van der Waals surface area contributed by atoms with E-state index in [2.05, 4.69) is 5.32 Å². The highest BCUT2D eigenvalue weighted by Crippen LogP contribution is 2.19. The first kappa shape index (κ1) is 27.1. The Balaban J connectivity index is 1.69. The van der Waals surface area contributed by atoms with Gasteiger partial charge < -0.3 is 20.1 Å². The Morgan fingerprint density at radius 2 is 1.58 bits per heavy atom. The number of ether oxygens (including phenoxy) is 1. The third-order valence-electron chi connectivity index (χ3n) is 6.28. The van der Waals surface area contributed by atoms with Crippen LogP contribution in [-0.2, 0) is 32.1 Å². The largest absolute Gasteiger partial charge is 0.461 e. The molecule has 2 N–H and O–H groups in total. The zero-order valence-corrected chi connectivity index (χ0v) is 20.8. The molecule has 0 bridgehead atoms. The van der Waals surface area contributed by atoms with Crippen molar-refractivity contribution in [1.82, 2.24) is 10.2 Å². The van der Waals surface area contributed by atoms with Crippen LogP contribution in [0.3, 0.4) is 0 Å². The quantitative estimate of drug-likeness (QED) is 0.436. The predicted molar refractivity (Wildman–Crippen MR) is 138 cm³/mol. The number of benzene rings is 2. The Morgan fingerprint density at radius 3 is 2.22 bits per heavy atom. The first-order valence-corrected chi connectivity index (χ1v) is 12.6. The van der Waals surface area contributed by atoms with Crippen LogP contribution in [0.5, 0.6) is 0 Å². The number of amides is 2. The van der Waals surface area contributed by atoms with Crippen molar-refractivity contribution < 1.29 is 24.2 Å². The van der Waals surface area contributed by atoms with Crippen molar-refractivity contribution in [2.24, 2.45) is 11.8 Å². The van der Waals surface area contributed by atoms with E-state index in [1.54, 1.807) is 11.8 Å². The van der Waals surface area contributed by atoms with Crippen molar-refractivity contribution >= 4 is 17.8 Å². The molecule has 0 spiro atoms. The number of esters is 1. The van der Waals surface area contributed by atoms with E-state index in [-0.39, 0.29) is 49.8 Å². The molecule has 1 aliphatic rings. The molecule has 0 saturated heterocycles. The molecule has 7 heteroatoms. The number of aliphatic hydroxyl groups is 1. The van der Waals surface area contributed by atoms with Gasteiger partial charge in [-0.05, 0) is 37.3 Å². The number of rotatable bonds is 8. The lowest BCUT2D eigenvalue weighted by Crippen LogP contribution is -2.41. The SMILES string of the molecule is C[C@H]1CNC(=O)[C@@H](CC(=O)N(CCO)Cc2ccccc2)CC=CC[C@@H](Cc2ccccc2)C(=O)O1. The van der Waals surface area contributed by atoms with Crippen LogP contribution in [0.2, 0.25) is 0 Å². The molecule has 2 aromatic carbocycles. The minimum atomic E-state index is -0.555. The van der Waals surface area contributed by atoms with Crippen molar-refractivity contribution in [2.45, 2.75) is 45.3 Å². The average molecular weight is 493 g/mol. The summed E-state index contributed by atoms with van der Waals surface area (Å²) < 4.78 is 5.62. The Hall–Kier alpha value is -3.45. The Morgan fingerprint density at radius 1 is 0.972 bits per heavy atom. The van der Waals surface area contributed by atoms with Crippen molar-refractivity contribution in [3.63, 3.8) is 0 Å². The third-order valence-corrected chi connectivity index (χ3v) is 6.28. The molecular weight excluding hydrogens is 456 g/mol. The molecule has 3 rings (SSSR count). The minimum absolute atomic E-state index is 0.0324. The molecule has 0 fully saturated rings. The third kappa shape index (κ3) is 8.64. The van der Waals surface area contributed by atoms with Gasteiger partial charge in [0.05, 0.1) is 25.0 Å². The summed E-state index contributed by atoms with van der Waals surface area (Å²) in [6.07, 6.45) is 4.78. The number of nitrogens with zero attached hydrogens (tertiary/aromatic N) is 1. The van der Waals surface area contributed by atoms with E-state index in [0.29, 0.717) is 25.8 Å². The average Bonchev–Trinajstić information content (AvgIpc) is 2.88. The Kier molecular flexibility index (Phi) is 10.7. The maximum atomic E-state index is 13.1. The number of nitrogens with one attached hydrogen (secondary N) is 1. The molecule has 2 aromatic rings. The fourth-order valence-electron chi connectivity index (χ4n) is 4.25. The van der Waals surface area contributed by atoms with Crippen LogP contribution in [0.1, 0.15) is 37.3 Å². The Labute approximate surface area is 213 Å². The number of carbonyl (C=O) groups excluding carboxylic acids is 3. The summed E-state index contributed by atoms with van der Waals surface area (Å²) in [6, 6.07) is 19.4. The maximum Gasteiger partial charge on any atom is 0.309 e. The summed E-state index contributed by atoms with van der Waals surface area (Å²) in [5.41, 5.74) is 2.02. The molecule has 7 nitrogen and oxygen atoms in total. The summed E-state index contributed by atoms with van der Waals surface area (Å²) in [7, 11) is 0. The summed E-state index contributed by atoms with van der Waals surface area (Å²) in [5.74, 6) is -1.60. The van der Waals surface area contributed by atoms with E-state index in [1.807, 2.05) is 72.8 Å². The van der Waals surface area contributed by atoms with E-state index < -0.39 is 12.0 Å². The zero-order chi connectivity index (χ0) is 25.8. The highest BCUT2D eigenvalue weighted by atomic mass is 16.5. The lowest BCUT2D eigenvalue weighted by atomic mass is 9.94. The molecule has 0 saturated carbocycles. The number of hydrogen-bond donors (Lipinski definition) is 2. The fourth-order valence-corrected chi connectivity index (χ4v) is 4.25. The standard InChI is InChI=1S/C29H36N2O5/c1-22-20-30-28(34)25(19-27(33)31(16-17-32)21-24-12-6-3-7-13-24)14-8-9-15-26(29(35)36-22)18-23-10-4-2-5-11-23/h2-13,22,25-26,32H,14-21H2,1H3,(H,30,34)/t22-,25+,26-/m0/s1. The second-order valence-electron chi connectivity index (χ2n) is 9.25. The number of allylic oxidation sites excluding steroid dienone is 2. The number of carbonyl (C=O) groups is 3. The highest BCUT2D eigenvalue weighted by molar-refractivity contribution is 5.86. The summed E-state index contributed by atoms with van der Waals surface area (Å²) >= 11 is 0. The molecule has 0 radical (unpaired) electrons. The van der Waals surface area contributed by atoms with Crippen LogP contribution >= 0.6 is 0 Å². The van der Waals surface area contributed by atoms with E-state index in [1.165, 1.54) is 0 Å². The first-order chi connectivity index (χ1) is 17.5. The van der Waals surface area contributed by atoms with E-state index >= 15 is 0 Å². The molecule has 3 atom stereocenters. The monoisotopic (exact) mass is 492 g/mol. The van der Waals surface area contributed by atoms with Gasteiger partial charge in [0.1, 0.15) is 6.10 Å². The van der Waals surface area contributed by atoms with Gasteiger partial charge in [-0.25, -0.2) is 0 Å². The molecular formula is C29H36N2O5. The van der Waals surface area contributed by atoms with Crippen LogP contribution in [0, 0.1) is 11.8 Å². The predicted octanol–water partition coefficient (Wildman–Crippen LogP) is 3.27. The van der Waals surface area contributed by atoms with Crippen LogP contribution < -0.4 is 5.32 Å². The second-order valence-corrected chi connectivity index (χ2v) is 9.25. The molecule has 1 heterocycles. The van der Waals surface area contributed by atoms with Gasteiger partial charge in [0, 0.05) is 19.5 Å². The maximum absolute atomic E-state index is 13.1. The Bertz CT molecular complexity index is 1010. The van der Waals surface area contributed by atoms with Crippen molar-refractivity contribution in [2.75, 3.05) is 19.7 Å². The van der Waals surface area contributed by atoms with E-state index in [4.69, 9.17) is 4.74 Å². The van der Waals surface area contributed by atoms with E-state index in [0.717, 1.165) is 11.1 Å². The molecule has 1 aliphatic heterocycles. The number of aliphatic hydroxyl groups excluding tert-OH is 1. The van der Waals surface area contributed by atoms with Gasteiger partial charge >= 0.3 is 5.97 Å². The number of cyclic esters (lactones) is 1. The van der Waals surface area contributed by atoms with Gasteiger partial charge in [0.2, 0.25) is 11.8 Å². The van der Waals surface area contributed by atoms with Gasteiger partial charge in [-0.15, -0.1) is 0 Å². The topological polar surface area (TPSA) is 95.9 Å². The van der Waals surface area contributed by atoms with Gasteiger partial charge in [-0.1, -0.05) is 72.8 Å². The molecule has 0 aliphatic carbocycles. The van der Waals surface area contributed by atoms with Crippen LogP contribution in [0.25, 0.3) is 0 Å². The second kappa shape index (κ2) is 14.2. The molecule has 0 aromatic heterocycles. The van der Waals surface area contributed by atoms with E-state index in [9.17, 15) is 19.5 Å². The lowest BCUT2D eigenvalue weighted by Gasteiger charge is -2.25. The molecule has 192 valence electrons. The van der Waals surface area contributed by atoms with Crippen LogP contribution in [0.4, 0.5) is 0 Å². The van der Waals surface area contributed by atoms with Crippen molar-refractivity contribution in [3.05, 3.63) is 83.9 Å².